The van der Waals surface area contributed by atoms with E-state index >= 15 is 0 Å². The largest absolute Gasteiger partial charge is 0.335 e. The summed E-state index contributed by atoms with van der Waals surface area (Å²) in [6, 6.07) is 0. The van der Waals surface area contributed by atoms with Crippen LogP contribution in [0.1, 0.15) is 24.4 Å². The molecule has 0 unspecified atom stereocenters. The summed E-state index contributed by atoms with van der Waals surface area (Å²) in [6.07, 6.45) is 7.93. The van der Waals surface area contributed by atoms with E-state index in [0.29, 0.717) is 6.54 Å². The fourth-order valence-corrected chi connectivity index (χ4v) is 1.81. The van der Waals surface area contributed by atoms with E-state index < -0.39 is 0 Å². The highest BCUT2D eigenvalue weighted by molar-refractivity contribution is 5.32. The van der Waals surface area contributed by atoms with Gasteiger partial charge in [-0.3, -0.25) is 0 Å². The quantitative estimate of drug-likeness (QED) is 0.530. The Bertz CT molecular complexity index is 340. The fourth-order valence-electron chi connectivity index (χ4n) is 1.81. The van der Waals surface area contributed by atoms with Gasteiger partial charge < -0.3 is 4.57 Å². The van der Waals surface area contributed by atoms with Crippen molar-refractivity contribution in [1.82, 2.24) is 9.55 Å². The van der Waals surface area contributed by atoms with Gasteiger partial charge >= 0.3 is 0 Å². The molecule has 1 aromatic heterocycles. The highest BCUT2D eigenvalue weighted by Crippen LogP contribution is 2.14. The smallest absolute Gasteiger partial charge is 0.234 e. The van der Waals surface area contributed by atoms with Crippen molar-refractivity contribution in [2.24, 2.45) is 4.99 Å². The molecule has 0 saturated carbocycles. The molecule has 1 aliphatic rings. The van der Waals surface area contributed by atoms with Crippen LogP contribution < -0.4 is 0 Å². The van der Waals surface area contributed by atoms with E-state index in [0.717, 1.165) is 25.1 Å². The van der Waals surface area contributed by atoms with Gasteiger partial charge in [-0.2, -0.15) is 0 Å². The highest BCUT2D eigenvalue weighted by atomic mass is 16.1. The summed E-state index contributed by atoms with van der Waals surface area (Å²) >= 11 is 0. The van der Waals surface area contributed by atoms with E-state index in [4.69, 9.17) is 0 Å². The first-order chi connectivity index (χ1) is 6.90. The summed E-state index contributed by atoms with van der Waals surface area (Å²) in [6.45, 7) is 1.58. The zero-order valence-electron chi connectivity index (χ0n) is 8.07. The summed E-state index contributed by atoms with van der Waals surface area (Å²) in [7, 11) is 0. The van der Waals surface area contributed by atoms with Crippen molar-refractivity contribution >= 4 is 6.08 Å². The molecule has 1 aliphatic heterocycles. The van der Waals surface area contributed by atoms with Crippen LogP contribution in [-0.4, -0.2) is 22.2 Å². The lowest BCUT2D eigenvalue weighted by molar-refractivity contribution is 0.522. The van der Waals surface area contributed by atoms with Gasteiger partial charge in [0.2, 0.25) is 6.08 Å². The molecule has 1 aromatic rings. The Labute approximate surface area is 82.7 Å². The number of aryl methyl sites for hydroxylation is 2. The van der Waals surface area contributed by atoms with Crippen LogP contribution in [-0.2, 0) is 24.2 Å². The predicted molar refractivity (Wildman–Crippen MR) is 51.9 cm³/mol. The summed E-state index contributed by atoms with van der Waals surface area (Å²) in [5.41, 5.74) is 1.04. The average molecular weight is 191 g/mol. The number of hydrogen-bond acceptors (Lipinski definition) is 3. The molecule has 0 N–H and O–H groups in total. The molecule has 0 bridgehead atoms. The Morgan fingerprint density at radius 2 is 2.50 bits per heavy atom. The lowest BCUT2D eigenvalue weighted by atomic mass is 10.2. The van der Waals surface area contributed by atoms with E-state index in [9.17, 15) is 4.79 Å². The van der Waals surface area contributed by atoms with E-state index in [1.165, 1.54) is 18.7 Å². The molecule has 4 heteroatoms. The maximum Gasteiger partial charge on any atom is 0.234 e. The summed E-state index contributed by atoms with van der Waals surface area (Å²) in [5, 5.41) is 0. The number of imidazole rings is 1. The van der Waals surface area contributed by atoms with Crippen molar-refractivity contribution < 1.29 is 4.79 Å². The number of fused-ring (bicyclic) bond motifs is 1. The SMILES string of the molecule is O=C=NCCc1cn2c(n1)CCCC2. The summed E-state index contributed by atoms with van der Waals surface area (Å²) in [4.78, 5) is 17.9. The van der Waals surface area contributed by atoms with Crippen LogP contribution in [0, 0.1) is 0 Å². The van der Waals surface area contributed by atoms with Crippen molar-refractivity contribution in [1.29, 1.82) is 0 Å². The maximum absolute atomic E-state index is 9.87. The molecule has 0 saturated heterocycles. The second-order valence-corrected chi connectivity index (χ2v) is 3.52. The molecule has 0 spiro atoms. The van der Waals surface area contributed by atoms with Gasteiger partial charge in [0, 0.05) is 25.6 Å². The van der Waals surface area contributed by atoms with Crippen LogP contribution in [0.3, 0.4) is 0 Å². The minimum atomic E-state index is 0.500. The van der Waals surface area contributed by atoms with Crippen molar-refractivity contribution in [3.63, 3.8) is 0 Å². The maximum atomic E-state index is 9.87. The third-order valence-corrected chi connectivity index (χ3v) is 2.50. The standard InChI is InChI=1S/C10H13N3O/c14-8-11-5-4-9-7-13-6-2-1-3-10(13)12-9/h7H,1-6H2. The number of aliphatic imine (C=N–C) groups is 1. The van der Waals surface area contributed by atoms with Gasteiger partial charge in [0.15, 0.2) is 0 Å². The van der Waals surface area contributed by atoms with Gasteiger partial charge in [-0.15, -0.1) is 0 Å². The van der Waals surface area contributed by atoms with Crippen LogP contribution in [0.15, 0.2) is 11.2 Å². The van der Waals surface area contributed by atoms with Gasteiger partial charge in [0.05, 0.1) is 12.2 Å². The normalized spacial score (nSPS) is 14.6. The Hall–Kier alpha value is -1.41. The molecular formula is C10H13N3O. The lowest BCUT2D eigenvalue weighted by Crippen LogP contribution is -2.08. The Morgan fingerprint density at radius 3 is 3.29 bits per heavy atom. The van der Waals surface area contributed by atoms with E-state index in [1.807, 2.05) is 0 Å². The van der Waals surface area contributed by atoms with Crippen LogP contribution in [0.2, 0.25) is 0 Å². The van der Waals surface area contributed by atoms with Crippen LogP contribution >= 0.6 is 0 Å². The minimum absolute atomic E-state index is 0.500. The van der Waals surface area contributed by atoms with Crippen LogP contribution in [0.5, 0.6) is 0 Å². The monoisotopic (exact) mass is 191 g/mol. The highest BCUT2D eigenvalue weighted by Gasteiger charge is 2.11. The predicted octanol–water partition coefficient (Wildman–Crippen LogP) is 1.10. The molecule has 2 heterocycles. The number of nitrogens with zero attached hydrogens (tertiary/aromatic N) is 3. The molecular weight excluding hydrogens is 178 g/mol. The molecule has 0 aromatic carbocycles. The number of aromatic nitrogens is 2. The van der Waals surface area contributed by atoms with Gasteiger partial charge in [0.1, 0.15) is 5.82 Å². The summed E-state index contributed by atoms with van der Waals surface area (Å²) in [5.74, 6) is 1.18. The summed E-state index contributed by atoms with van der Waals surface area (Å²) < 4.78 is 2.21. The molecule has 0 fully saturated rings. The second-order valence-electron chi connectivity index (χ2n) is 3.52. The van der Waals surface area contributed by atoms with E-state index in [2.05, 4.69) is 20.7 Å². The van der Waals surface area contributed by atoms with Crippen molar-refractivity contribution in [3.8, 4) is 0 Å². The molecule has 74 valence electrons. The topological polar surface area (TPSA) is 47.2 Å². The third-order valence-electron chi connectivity index (χ3n) is 2.50. The van der Waals surface area contributed by atoms with Crippen LogP contribution in [0.25, 0.3) is 0 Å². The van der Waals surface area contributed by atoms with E-state index in [-0.39, 0.29) is 0 Å². The van der Waals surface area contributed by atoms with Crippen molar-refractivity contribution in [2.45, 2.75) is 32.2 Å². The molecule has 4 nitrogen and oxygen atoms in total. The molecule has 0 atom stereocenters. The van der Waals surface area contributed by atoms with Crippen LogP contribution in [0.4, 0.5) is 0 Å². The molecule has 0 aliphatic carbocycles. The zero-order valence-corrected chi connectivity index (χ0v) is 8.07. The molecule has 0 amide bonds. The first-order valence-electron chi connectivity index (χ1n) is 4.98. The fraction of sp³-hybridized carbons (Fsp3) is 0.600. The van der Waals surface area contributed by atoms with Gasteiger partial charge in [-0.1, -0.05) is 0 Å². The Balaban J connectivity index is 2.04. The number of rotatable bonds is 3. The zero-order chi connectivity index (χ0) is 9.80. The second kappa shape index (κ2) is 4.20. The van der Waals surface area contributed by atoms with E-state index in [1.54, 1.807) is 6.08 Å². The first-order valence-corrected chi connectivity index (χ1v) is 4.98. The molecule has 14 heavy (non-hydrogen) atoms. The number of carbonyl (C=O) groups excluding carboxylic acids is 1. The van der Waals surface area contributed by atoms with Gasteiger partial charge in [-0.25, -0.2) is 14.8 Å². The minimum Gasteiger partial charge on any atom is -0.335 e. The average Bonchev–Trinajstić information content (AvgIpc) is 2.60. The molecule has 2 rings (SSSR count). The molecule has 0 radical (unpaired) electrons. The first kappa shape index (κ1) is 9.16. The lowest BCUT2D eigenvalue weighted by Gasteiger charge is -2.11. The number of isocyanates is 1. The van der Waals surface area contributed by atoms with Crippen molar-refractivity contribution in [2.75, 3.05) is 6.54 Å². The third kappa shape index (κ3) is 1.91. The number of hydrogen-bond donors (Lipinski definition) is 0. The van der Waals surface area contributed by atoms with Gasteiger partial charge in [-0.05, 0) is 12.8 Å². The van der Waals surface area contributed by atoms with Gasteiger partial charge in [0.25, 0.3) is 0 Å². The van der Waals surface area contributed by atoms with Crippen molar-refractivity contribution in [3.05, 3.63) is 17.7 Å². The Kier molecular flexibility index (Phi) is 2.75. The Morgan fingerprint density at radius 1 is 1.57 bits per heavy atom.